The SMILES string of the molecule is CCOC(C)c1noc(CNC(=NC)N(C)CCOc2ccc(C)cc2)n1. The molecule has 2 aromatic rings. The van der Waals surface area contributed by atoms with Crippen LogP contribution in [0.4, 0.5) is 0 Å². The minimum Gasteiger partial charge on any atom is -0.492 e. The minimum atomic E-state index is -0.187. The molecule has 0 aliphatic carbocycles. The summed E-state index contributed by atoms with van der Waals surface area (Å²) in [5.41, 5.74) is 1.21. The summed E-state index contributed by atoms with van der Waals surface area (Å²) < 4.78 is 16.5. The summed E-state index contributed by atoms with van der Waals surface area (Å²) in [7, 11) is 3.68. The van der Waals surface area contributed by atoms with E-state index in [4.69, 9.17) is 14.0 Å². The Morgan fingerprint density at radius 2 is 2.07 bits per heavy atom. The normalized spacial score (nSPS) is 12.7. The summed E-state index contributed by atoms with van der Waals surface area (Å²) in [5.74, 6) is 2.62. The van der Waals surface area contributed by atoms with E-state index in [2.05, 4.69) is 27.4 Å². The Morgan fingerprint density at radius 3 is 2.74 bits per heavy atom. The minimum absolute atomic E-state index is 0.187. The lowest BCUT2D eigenvalue weighted by Crippen LogP contribution is -2.40. The lowest BCUT2D eigenvalue weighted by molar-refractivity contribution is 0.0683. The van der Waals surface area contributed by atoms with E-state index in [9.17, 15) is 0 Å². The molecular weight excluding hydrogens is 346 g/mol. The second-order valence-corrected chi connectivity index (χ2v) is 6.13. The molecule has 27 heavy (non-hydrogen) atoms. The lowest BCUT2D eigenvalue weighted by Gasteiger charge is -2.21. The van der Waals surface area contributed by atoms with Crippen LogP contribution in [-0.2, 0) is 11.3 Å². The molecule has 0 fully saturated rings. The van der Waals surface area contributed by atoms with E-state index in [1.54, 1.807) is 7.05 Å². The number of hydrogen-bond donors (Lipinski definition) is 1. The quantitative estimate of drug-likeness (QED) is 0.532. The van der Waals surface area contributed by atoms with Crippen molar-refractivity contribution in [1.82, 2.24) is 20.4 Å². The zero-order valence-corrected chi connectivity index (χ0v) is 16.7. The summed E-state index contributed by atoms with van der Waals surface area (Å²) in [6.07, 6.45) is -0.187. The summed E-state index contributed by atoms with van der Waals surface area (Å²) >= 11 is 0. The molecule has 148 valence electrons. The van der Waals surface area contributed by atoms with Crippen molar-refractivity contribution in [3.8, 4) is 5.75 Å². The predicted octanol–water partition coefficient (Wildman–Crippen LogP) is 2.56. The first-order chi connectivity index (χ1) is 13.0. The molecule has 0 radical (unpaired) electrons. The first-order valence-corrected chi connectivity index (χ1v) is 9.08. The molecule has 8 nitrogen and oxygen atoms in total. The molecule has 1 aromatic carbocycles. The summed E-state index contributed by atoms with van der Waals surface area (Å²) in [5, 5.41) is 7.16. The van der Waals surface area contributed by atoms with Gasteiger partial charge in [0.25, 0.3) is 0 Å². The van der Waals surface area contributed by atoms with Gasteiger partial charge >= 0.3 is 0 Å². The van der Waals surface area contributed by atoms with Crippen molar-refractivity contribution >= 4 is 5.96 Å². The first-order valence-electron chi connectivity index (χ1n) is 9.08. The highest BCUT2D eigenvalue weighted by Crippen LogP contribution is 2.13. The molecule has 1 atom stereocenters. The van der Waals surface area contributed by atoms with Crippen LogP contribution in [0.15, 0.2) is 33.8 Å². The Kier molecular flexibility index (Phi) is 8.06. The van der Waals surface area contributed by atoms with E-state index < -0.39 is 0 Å². The highest BCUT2D eigenvalue weighted by molar-refractivity contribution is 5.79. The van der Waals surface area contributed by atoms with Gasteiger partial charge in [0, 0.05) is 20.7 Å². The van der Waals surface area contributed by atoms with Crippen LogP contribution in [0.5, 0.6) is 5.75 Å². The van der Waals surface area contributed by atoms with Gasteiger partial charge in [-0.1, -0.05) is 22.9 Å². The van der Waals surface area contributed by atoms with Crippen LogP contribution in [0.25, 0.3) is 0 Å². The number of ether oxygens (including phenoxy) is 2. The van der Waals surface area contributed by atoms with Crippen LogP contribution in [0.2, 0.25) is 0 Å². The summed E-state index contributed by atoms with van der Waals surface area (Å²) in [6, 6.07) is 8.01. The van der Waals surface area contributed by atoms with Gasteiger partial charge in [0.15, 0.2) is 11.8 Å². The van der Waals surface area contributed by atoms with Gasteiger partial charge in [-0.25, -0.2) is 0 Å². The third-order valence-corrected chi connectivity index (χ3v) is 3.95. The number of likely N-dealkylation sites (N-methyl/N-ethyl adjacent to an activating group) is 1. The van der Waals surface area contributed by atoms with Crippen LogP contribution in [-0.4, -0.2) is 54.9 Å². The molecule has 0 amide bonds. The highest BCUT2D eigenvalue weighted by atomic mass is 16.5. The molecule has 8 heteroatoms. The van der Waals surface area contributed by atoms with Crippen molar-refractivity contribution in [3.05, 3.63) is 41.5 Å². The Bertz CT molecular complexity index is 714. The summed E-state index contributed by atoms with van der Waals surface area (Å²) in [4.78, 5) is 10.6. The van der Waals surface area contributed by atoms with Gasteiger partial charge in [0.1, 0.15) is 18.5 Å². The maximum Gasteiger partial charge on any atom is 0.246 e. The average Bonchev–Trinajstić information content (AvgIpc) is 3.13. The number of guanidine groups is 1. The molecule has 0 aliphatic rings. The van der Waals surface area contributed by atoms with E-state index in [-0.39, 0.29) is 6.10 Å². The Hall–Kier alpha value is -2.61. The zero-order valence-electron chi connectivity index (χ0n) is 16.7. The van der Waals surface area contributed by atoms with Crippen LogP contribution in [0.1, 0.15) is 37.2 Å². The number of aryl methyl sites for hydroxylation is 1. The van der Waals surface area contributed by atoms with Crippen molar-refractivity contribution in [3.63, 3.8) is 0 Å². The van der Waals surface area contributed by atoms with Crippen molar-refractivity contribution in [1.29, 1.82) is 0 Å². The van der Waals surface area contributed by atoms with Gasteiger partial charge in [-0.05, 0) is 32.9 Å². The third kappa shape index (κ3) is 6.56. The fraction of sp³-hybridized carbons (Fsp3) is 0.526. The van der Waals surface area contributed by atoms with Crippen LogP contribution >= 0.6 is 0 Å². The van der Waals surface area contributed by atoms with Crippen LogP contribution in [0.3, 0.4) is 0 Å². The van der Waals surface area contributed by atoms with E-state index >= 15 is 0 Å². The molecule has 0 saturated heterocycles. The molecule has 0 aliphatic heterocycles. The van der Waals surface area contributed by atoms with Gasteiger partial charge in [0.05, 0.1) is 13.1 Å². The molecule has 0 spiro atoms. The molecule has 1 N–H and O–H groups in total. The van der Waals surface area contributed by atoms with E-state index in [0.717, 1.165) is 11.7 Å². The van der Waals surface area contributed by atoms with Crippen molar-refractivity contribution in [2.75, 3.05) is 33.9 Å². The number of nitrogens with one attached hydrogen (secondary N) is 1. The Morgan fingerprint density at radius 1 is 1.33 bits per heavy atom. The first kappa shape index (κ1) is 20.7. The van der Waals surface area contributed by atoms with Crippen molar-refractivity contribution < 1.29 is 14.0 Å². The van der Waals surface area contributed by atoms with Gasteiger partial charge in [-0.2, -0.15) is 4.98 Å². The number of hydrogen-bond acceptors (Lipinski definition) is 6. The third-order valence-electron chi connectivity index (χ3n) is 3.95. The number of aliphatic imine (C=N–C) groups is 1. The molecule has 1 unspecified atom stereocenters. The second kappa shape index (κ2) is 10.5. The van der Waals surface area contributed by atoms with Crippen molar-refractivity contribution in [2.45, 2.75) is 33.4 Å². The molecular formula is C19H29N5O3. The van der Waals surface area contributed by atoms with Gasteiger partial charge in [-0.3, -0.25) is 4.99 Å². The standard InChI is InChI=1S/C19H29N5O3/c1-6-25-15(3)18-22-17(27-23-18)13-21-19(20-4)24(5)11-12-26-16-9-7-14(2)8-10-16/h7-10,15H,6,11-13H2,1-5H3,(H,20,21). The topological polar surface area (TPSA) is 85.0 Å². The maximum absolute atomic E-state index is 5.76. The maximum atomic E-state index is 5.76. The highest BCUT2D eigenvalue weighted by Gasteiger charge is 2.14. The number of aromatic nitrogens is 2. The van der Waals surface area contributed by atoms with Crippen LogP contribution in [0, 0.1) is 6.92 Å². The lowest BCUT2D eigenvalue weighted by atomic mass is 10.2. The van der Waals surface area contributed by atoms with E-state index in [1.807, 2.05) is 50.1 Å². The van der Waals surface area contributed by atoms with E-state index in [0.29, 0.717) is 38.0 Å². The molecule has 0 bridgehead atoms. The number of rotatable bonds is 9. The zero-order chi connectivity index (χ0) is 19.6. The number of benzene rings is 1. The smallest absolute Gasteiger partial charge is 0.246 e. The predicted molar refractivity (Wildman–Crippen MR) is 104 cm³/mol. The van der Waals surface area contributed by atoms with Gasteiger partial charge in [-0.15, -0.1) is 0 Å². The van der Waals surface area contributed by atoms with Crippen LogP contribution < -0.4 is 10.1 Å². The summed E-state index contributed by atoms with van der Waals surface area (Å²) in [6.45, 7) is 8.11. The van der Waals surface area contributed by atoms with Crippen molar-refractivity contribution in [2.24, 2.45) is 4.99 Å². The second-order valence-electron chi connectivity index (χ2n) is 6.13. The Labute approximate surface area is 160 Å². The van der Waals surface area contributed by atoms with Gasteiger partial charge in [0.2, 0.25) is 5.89 Å². The Balaban J connectivity index is 1.77. The molecule has 2 rings (SSSR count). The van der Waals surface area contributed by atoms with Gasteiger partial charge < -0.3 is 24.2 Å². The number of nitrogens with zero attached hydrogens (tertiary/aromatic N) is 4. The van der Waals surface area contributed by atoms with E-state index in [1.165, 1.54) is 5.56 Å². The fourth-order valence-corrected chi connectivity index (χ4v) is 2.41. The fourth-order valence-electron chi connectivity index (χ4n) is 2.41. The molecule has 1 aromatic heterocycles. The monoisotopic (exact) mass is 375 g/mol. The molecule has 0 saturated carbocycles. The largest absolute Gasteiger partial charge is 0.492 e. The molecule has 1 heterocycles. The average molecular weight is 375 g/mol.